The highest BCUT2D eigenvalue weighted by atomic mass is 16.5. The van der Waals surface area contributed by atoms with Gasteiger partial charge >= 0.3 is 0 Å². The van der Waals surface area contributed by atoms with Gasteiger partial charge in [-0.1, -0.05) is 12.8 Å². The Hall–Kier alpha value is -0.0800. The minimum Gasteiger partial charge on any atom is -0.377 e. The van der Waals surface area contributed by atoms with Crippen LogP contribution in [0.15, 0.2) is 0 Å². The lowest BCUT2D eigenvalue weighted by Gasteiger charge is -2.24. The third kappa shape index (κ3) is 1.82. The zero-order valence-corrected chi connectivity index (χ0v) is 8.87. The molecule has 0 spiro atoms. The topological polar surface area (TPSA) is 21.3 Å². The van der Waals surface area contributed by atoms with Gasteiger partial charge in [0.15, 0.2) is 0 Å². The molecule has 0 aromatic rings. The standard InChI is InChI=1S/C12H21NO/c1-3-9-7-11(9)12(5-1)13-8-10-4-2-6-14-10/h9-13H,1-8H2. The lowest BCUT2D eigenvalue weighted by Crippen LogP contribution is -2.38. The van der Waals surface area contributed by atoms with E-state index in [9.17, 15) is 0 Å². The molecular weight excluding hydrogens is 174 g/mol. The second-order valence-corrected chi connectivity index (χ2v) is 5.24. The first-order chi connectivity index (χ1) is 6.93. The molecule has 0 aromatic carbocycles. The molecular formula is C12H21NO. The van der Waals surface area contributed by atoms with Crippen molar-refractivity contribution >= 4 is 0 Å². The molecule has 0 bridgehead atoms. The summed E-state index contributed by atoms with van der Waals surface area (Å²) in [5.74, 6) is 2.12. The minimum absolute atomic E-state index is 0.522. The van der Waals surface area contributed by atoms with Gasteiger partial charge in [-0.15, -0.1) is 0 Å². The number of nitrogens with one attached hydrogen (secondary N) is 1. The third-order valence-electron chi connectivity index (χ3n) is 4.22. The Kier molecular flexibility index (Phi) is 2.50. The Bertz CT molecular complexity index is 200. The first-order valence-corrected chi connectivity index (χ1v) is 6.28. The Morgan fingerprint density at radius 2 is 2.14 bits per heavy atom. The fourth-order valence-electron chi connectivity index (χ4n) is 3.25. The molecule has 2 heteroatoms. The summed E-state index contributed by atoms with van der Waals surface area (Å²) in [5.41, 5.74) is 0. The predicted octanol–water partition coefficient (Wildman–Crippen LogP) is 1.94. The number of ether oxygens (including phenoxy) is 1. The van der Waals surface area contributed by atoms with E-state index >= 15 is 0 Å². The molecule has 1 saturated heterocycles. The molecule has 0 amide bonds. The molecule has 1 N–H and O–H groups in total. The molecule has 3 fully saturated rings. The van der Waals surface area contributed by atoms with E-state index < -0.39 is 0 Å². The van der Waals surface area contributed by atoms with Gasteiger partial charge in [-0.05, 0) is 37.5 Å². The SMILES string of the molecule is C1COC(CNC2CCCC3CC32)C1. The largest absolute Gasteiger partial charge is 0.377 e. The van der Waals surface area contributed by atoms with E-state index in [0.29, 0.717) is 6.10 Å². The summed E-state index contributed by atoms with van der Waals surface area (Å²) in [6.45, 7) is 2.09. The first kappa shape index (κ1) is 9.17. The predicted molar refractivity (Wildman–Crippen MR) is 56.2 cm³/mol. The molecule has 2 saturated carbocycles. The number of hydrogen-bond acceptors (Lipinski definition) is 2. The van der Waals surface area contributed by atoms with Crippen LogP contribution in [0, 0.1) is 11.8 Å². The fourth-order valence-corrected chi connectivity index (χ4v) is 3.25. The normalized spacial score (nSPS) is 46.3. The molecule has 0 aromatic heterocycles. The number of fused-ring (bicyclic) bond motifs is 1. The average molecular weight is 195 g/mol. The molecule has 80 valence electrons. The summed E-state index contributed by atoms with van der Waals surface area (Å²) < 4.78 is 5.63. The van der Waals surface area contributed by atoms with Crippen LogP contribution in [0.3, 0.4) is 0 Å². The monoisotopic (exact) mass is 195 g/mol. The lowest BCUT2D eigenvalue weighted by molar-refractivity contribution is 0.105. The molecule has 2 nitrogen and oxygen atoms in total. The van der Waals surface area contributed by atoms with E-state index in [2.05, 4.69) is 5.32 Å². The van der Waals surface area contributed by atoms with Crippen molar-refractivity contribution in [3.8, 4) is 0 Å². The van der Waals surface area contributed by atoms with E-state index in [1.165, 1.54) is 38.5 Å². The van der Waals surface area contributed by atoms with Crippen molar-refractivity contribution in [2.75, 3.05) is 13.2 Å². The quantitative estimate of drug-likeness (QED) is 0.743. The van der Waals surface area contributed by atoms with E-state index in [0.717, 1.165) is 31.0 Å². The van der Waals surface area contributed by atoms with Crippen LogP contribution in [0.2, 0.25) is 0 Å². The van der Waals surface area contributed by atoms with Gasteiger partial charge in [-0.2, -0.15) is 0 Å². The molecule has 0 radical (unpaired) electrons. The van der Waals surface area contributed by atoms with Gasteiger partial charge in [0.2, 0.25) is 0 Å². The zero-order chi connectivity index (χ0) is 9.38. The number of rotatable bonds is 3. The van der Waals surface area contributed by atoms with Crippen LogP contribution in [-0.4, -0.2) is 25.3 Å². The van der Waals surface area contributed by atoms with Crippen molar-refractivity contribution in [2.24, 2.45) is 11.8 Å². The molecule has 1 aliphatic heterocycles. The third-order valence-corrected chi connectivity index (χ3v) is 4.22. The Labute approximate surface area is 86.4 Å². The second-order valence-electron chi connectivity index (χ2n) is 5.24. The summed E-state index contributed by atoms with van der Waals surface area (Å²) in [7, 11) is 0. The summed E-state index contributed by atoms with van der Waals surface area (Å²) in [4.78, 5) is 0. The second kappa shape index (κ2) is 3.82. The highest BCUT2D eigenvalue weighted by Crippen LogP contribution is 2.49. The first-order valence-electron chi connectivity index (χ1n) is 6.28. The summed E-state index contributed by atoms with van der Waals surface area (Å²) >= 11 is 0. The summed E-state index contributed by atoms with van der Waals surface area (Å²) in [5, 5.41) is 3.73. The van der Waals surface area contributed by atoms with Crippen LogP contribution >= 0.6 is 0 Å². The van der Waals surface area contributed by atoms with Crippen molar-refractivity contribution in [3.63, 3.8) is 0 Å². The van der Waals surface area contributed by atoms with Crippen LogP contribution < -0.4 is 5.32 Å². The molecule has 4 unspecified atom stereocenters. The van der Waals surface area contributed by atoms with Gasteiger partial charge in [0.25, 0.3) is 0 Å². The van der Waals surface area contributed by atoms with E-state index in [1.807, 2.05) is 0 Å². The van der Waals surface area contributed by atoms with Crippen molar-refractivity contribution in [3.05, 3.63) is 0 Å². The maximum atomic E-state index is 5.63. The van der Waals surface area contributed by atoms with Gasteiger partial charge in [-0.3, -0.25) is 0 Å². The van der Waals surface area contributed by atoms with Gasteiger partial charge in [0.05, 0.1) is 6.10 Å². The van der Waals surface area contributed by atoms with E-state index in [1.54, 1.807) is 0 Å². The van der Waals surface area contributed by atoms with Crippen molar-refractivity contribution in [1.29, 1.82) is 0 Å². The van der Waals surface area contributed by atoms with Crippen LogP contribution in [0.5, 0.6) is 0 Å². The van der Waals surface area contributed by atoms with Crippen molar-refractivity contribution in [1.82, 2.24) is 5.32 Å². The van der Waals surface area contributed by atoms with Crippen molar-refractivity contribution in [2.45, 2.75) is 50.7 Å². The molecule has 3 aliphatic rings. The maximum Gasteiger partial charge on any atom is 0.0700 e. The van der Waals surface area contributed by atoms with Crippen molar-refractivity contribution < 1.29 is 4.74 Å². The lowest BCUT2D eigenvalue weighted by atomic mass is 9.95. The van der Waals surface area contributed by atoms with Crippen LogP contribution in [-0.2, 0) is 4.74 Å². The Morgan fingerprint density at radius 3 is 3.00 bits per heavy atom. The minimum atomic E-state index is 0.522. The van der Waals surface area contributed by atoms with Crippen LogP contribution in [0.1, 0.15) is 38.5 Å². The van der Waals surface area contributed by atoms with Gasteiger partial charge < -0.3 is 10.1 Å². The Morgan fingerprint density at radius 1 is 1.14 bits per heavy atom. The maximum absolute atomic E-state index is 5.63. The van der Waals surface area contributed by atoms with Crippen LogP contribution in [0.25, 0.3) is 0 Å². The average Bonchev–Trinajstić information content (AvgIpc) is 2.83. The van der Waals surface area contributed by atoms with Gasteiger partial charge in [-0.25, -0.2) is 0 Å². The molecule has 4 atom stereocenters. The Balaban J connectivity index is 1.43. The smallest absolute Gasteiger partial charge is 0.0700 e. The van der Waals surface area contributed by atoms with Gasteiger partial charge in [0.1, 0.15) is 0 Å². The highest BCUT2D eigenvalue weighted by Gasteiger charge is 2.44. The van der Waals surface area contributed by atoms with E-state index in [4.69, 9.17) is 4.74 Å². The summed E-state index contributed by atoms with van der Waals surface area (Å²) in [6.07, 6.45) is 8.93. The summed E-state index contributed by atoms with van der Waals surface area (Å²) in [6, 6.07) is 0.831. The highest BCUT2D eigenvalue weighted by molar-refractivity contribution is 4.98. The van der Waals surface area contributed by atoms with Gasteiger partial charge in [0, 0.05) is 19.2 Å². The zero-order valence-electron chi connectivity index (χ0n) is 8.87. The molecule has 2 aliphatic carbocycles. The number of hydrogen-bond donors (Lipinski definition) is 1. The molecule has 1 heterocycles. The van der Waals surface area contributed by atoms with Crippen LogP contribution in [0.4, 0.5) is 0 Å². The molecule has 3 rings (SSSR count). The van der Waals surface area contributed by atoms with E-state index in [-0.39, 0.29) is 0 Å². The fraction of sp³-hybridized carbons (Fsp3) is 1.00. The molecule has 14 heavy (non-hydrogen) atoms.